The first-order valence-electron chi connectivity index (χ1n) is 6.44. The summed E-state index contributed by atoms with van der Waals surface area (Å²) >= 11 is 3.35. The summed E-state index contributed by atoms with van der Waals surface area (Å²) in [6, 6.07) is 7.36. The average molecular weight is 325 g/mol. The van der Waals surface area contributed by atoms with Gasteiger partial charge in [-0.2, -0.15) is 0 Å². The van der Waals surface area contributed by atoms with E-state index in [1.54, 1.807) is 0 Å². The summed E-state index contributed by atoms with van der Waals surface area (Å²) in [6.07, 6.45) is 0.528. The number of carbonyl (C=O) groups excluding carboxylic acids is 2. The summed E-state index contributed by atoms with van der Waals surface area (Å²) in [4.78, 5) is 27.5. The van der Waals surface area contributed by atoms with Gasteiger partial charge in [-0.1, -0.05) is 22.9 Å². The Morgan fingerprint density at radius 3 is 2.11 bits per heavy atom. The van der Waals surface area contributed by atoms with Crippen molar-refractivity contribution in [1.82, 2.24) is 9.80 Å². The Balaban J connectivity index is 1.96. The molecule has 1 saturated heterocycles. The topological polar surface area (TPSA) is 40.6 Å². The maximum Gasteiger partial charge on any atom is 0.253 e. The molecule has 0 spiro atoms. The fourth-order valence-electron chi connectivity index (χ4n) is 2.16. The van der Waals surface area contributed by atoms with E-state index in [1.807, 2.05) is 41.0 Å². The van der Waals surface area contributed by atoms with Crippen LogP contribution in [0.4, 0.5) is 0 Å². The van der Waals surface area contributed by atoms with Gasteiger partial charge >= 0.3 is 0 Å². The van der Waals surface area contributed by atoms with Crippen molar-refractivity contribution >= 4 is 27.7 Å². The Morgan fingerprint density at radius 2 is 1.58 bits per heavy atom. The van der Waals surface area contributed by atoms with Crippen molar-refractivity contribution in [1.29, 1.82) is 0 Å². The molecule has 1 aliphatic heterocycles. The SMILES string of the molecule is CCC(=O)N1CCN(C(=O)c2ccc(Br)cc2)CC1. The van der Waals surface area contributed by atoms with Gasteiger partial charge in [-0.05, 0) is 24.3 Å². The third-order valence-corrected chi connectivity index (χ3v) is 3.84. The smallest absolute Gasteiger partial charge is 0.253 e. The van der Waals surface area contributed by atoms with E-state index in [9.17, 15) is 9.59 Å². The monoisotopic (exact) mass is 324 g/mol. The van der Waals surface area contributed by atoms with Gasteiger partial charge in [-0.15, -0.1) is 0 Å². The summed E-state index contributed by atoms with van der Waals surface area (Å²) in [7, 11) is 0. The van der Waals surface area contributed by atoms with Crippen LogP contribution >= 0.6 is 15.9 Å². The molecule has 1 aromatic carbocycles. The molecule has 0 bridgehead atoms. The number of hydrogen-bond donors (Lipinski definition) is 0. The van der Waals surface area contributed by atoms with Crippen LogP contribution < -0.4 is 0 Å². The molecule has 2 rings (SSSR count). The van der Waals surface area contributed by atoms with Crippen molar-refractivity contribution in [3.8, 4) is 0 Å². The molecule has 0 radical (unpaired) electrons. The third kappa shape index (κ3) is 3.35. The normalized spacial score (nSPS) is 15.5. The van der Waals surface area contributed by atoms with Gasteiger partial charge in [0, 0.05) is 42.6 Å². The first-order chi connectivity index (χ1) is 9.11. The second-order valence-electron chi connectivity index (χ2n) is 4.53. The standard InChI is InChI=1S/C14H17BrN2O2/c1-2-13(18)16-7-9-17(10-8-16)14(19)11-3-5-12(15)6-4-11/h3-6H,2,7-10H2,1H3. The molecule has 19 heavy (non-hydrogen) atoms. The van der Waals surface area contributed by atoms with Crippen molar-refractivity contribution < 1.29 is 9.59 Å². The van der Waals surface area contributed by atoms with E-state index in [2.05, 4.69) is 15.9 Å². The number of hydrogen-bond acceptors (Lipinski definition) is 2. The number of benzene rings is 1. The molecule has 0 atom stereocenters. The molecule has 5 heteroatoms. The number of piperazine rings is 1. The van der Waals surface area contributed by atoms with Gasteiger partial charge in [-0.25, -0.2) is 0 Å². The highest BCUT2D eigenvalue weighted by Gasteiger charge is 2.23. The van der Waals surface area contributed by atoms with Gasteiger partial charge in [0.2, 0.25) is 5.91 Å². The molecule has 0 unspecified atom stereocenters. The Hall–Kier alpha value is -1.36. The van der Waals surface area contributed by atoms with Crippen LogP contribution in [0.5, 0.6) is 0 Å². The number of amides is 2. The third-order valence-electron chi connectivity index (χ3n) is 3.31. The Bertz CT molecular complexity index is 465. The van der Waals surface area contributed by atoms with Crippen molar-refractivity contribution in [3.05, 3.63) is 34.3 Å². The van der Waals surface area contributed by atoms with Crippen molar-refractivity contribution in [2.75, 3.05) is 26.2 Å². The Labute approximate surface area is 121 Å². The van der Waals surface area contributed by atoms with Crippen molar-refractivity contribution in [2.24, 2.45) is 0 Å². The summed E-state index contributed by atoms with van der Waals surface area (Å²) < 4.78 is 0.961. The van der Waals surface area contributed by atoms with E-state index in [-0.39, 0.29) is 11.8 Å². The van der Waals surface area contributed by atoms with E-state index >= 15 is 0 Å². The summed E-state index contributed by atoms with van der Waals surface area (Å²) in [5.41, 5.74) is 0.693. The lowest BCUT2D eigenvalue weighted by atomic mass is 10.2. The Morgan fingerprint density at radius 1 is 1.05 bits per heavy atom. The summed E-state index contributed by atoms with van der Waals surface area (Å²) in [6.45, 7) is 4.35. The van der Waals surface area contributed by atoms with Crippen molar-refractivity contribution in [2.45, 2.75) is 13.3 Å². The minimum atomic E-state index is 0.0381. The zero-order valence-corrected chi connectivity index (χ0v) is 12.5. The van der Waals surface area contributed by atoms with Crippen LogP contribution in [0.2, 0.25) is 0 Å². The maximum absolute atomic E-state index is 12.3. The quantitative estimate of drug-likeness (QED) is 0.836. The molecule has 0 saturated carbocycles. The molecule has 2 amide bonds. The minimum Gasteiger partial charge on any atom is -0.339 e. The maximum atomic E-state index is 12.3. The summed E-state index contributed by atoms with van der Waals surface area (Å²) in [5, 5.41) is 0. The molecule has 0 N–H and O–H groups in total. The van der Waals surface area contributed by atoms with Gasteiger partial charge in [-0.3, -0.25) is 9.59 Å². The predicted octanol–water partition coefficient (Wildman–Crippen LogP) is 2.14. The number of halogens is 1. The second kappa shape index (κ2) is 6.19. The van der Waals surface area contributed by atoms with Crippen LogP contribution in [0.3, 0.4) is 0 Å². The van der Waals surface area contributed by atoms with Gasteiger partial charge in [0.15, 0.2) is 0 Å². The fourth-order valence-corrected chi connectivity index (χ4v) is 2.42. The summed E-state index contributed by atoms with van der Waals surface area (Å²) in [5.74, 6) is 0.201. The van der Waals surface area contributed by atoms with Gasteiger partial charge in [0.05, 0.1) is 0 Å². The molecule has 1 heterocycles. The molecule has 0 aliphatic carbocycles. The van der Waals surface area contributed by atoms with Crippen LogP contribution in [0.15, 0.2) is 28.7 Å². The number of carbonyl (C=O) groups is 2. The molecular weight excluding hydrogens is 308 g/mol. The molecule has 1 aliphatic rings. The molecule has 0 aromatic heterocycles. The highest BCUT2D eigenvalue weighted by atomic mass is 79.9. The van der Waals surface area contributed by atoms with Gasteiger partial charge in [0.25, 0.3) is 5.91 Å². The zero-order valence-electron chi connectivity index (χ0n) is 10.9. The lowest BCUT2D eigenvalue weighted by molar-refractivity contribution is -0.132. The predicted molar refractivity (Wildman–Crippen MR) is 76.9 cm³/mol. The second-order valence-corrected chi connectivity index (χ2v) is 5.45. The van der Waals surface area contributed by atoms with Crippen LogP contribution in [0.25, 0.3) is 0 Å². The van der Waals surface area contributed by atoms with Gasteiger partial charge < -0.3 is 9.80 Å². The lowest BCUT2D eigenvalue weighted by Gasteiger charge is -2.34. The number of nitrogens with zero attached hydrogens (tertiary/aromatic N) is 2. The molecular formula is C14H17BrN2O2. The highest BCUT2D eigenvalue weighted by Crippen LogP contribution is 2.13. The number of rotatable bonds is 2. The largest absolute Gasteiger partial charge is 0.339 e. The first-order valence-corrected chi connectivity index (χ1v) is 7.23. The molecule has 1 aromatic rings. The minimum absolute atomic E-state index is 0.0381. The van der Waals surface area contributed by atoms with Crippen LogP contribution in [0.1, 0.15) is 23.7 Å². The lowest BCUT2D eigenvalue weighted by Crippen LogP contribution is -2.50. The molecule has 1 fully saturated rings. The zero-order chi connectivity index (χ0) is 13.8. The average Bonchev–Trinajstić information content (AvgIpc) is 2.46. The van der Waals surface area contributed by atoms with E-state index in [1.165, 1.54) is 0 Å². The van der Waals surface area contributed by atoms with Crippen LogP contribution in [-0.2, 0) is 4.79 Å². The molecule has 102 valence electrons. The Kier molecular flexibility index (Phi) is 4.58. The van der Waals surface area contributed by atoms with E-state index in [0.717, 1.165) is 4.47 Å². The van der Waals surface area contributed by atoms with Crippen LogP contribution in [-0.4, -0.2) is 47.8 Å². The molecule has 4 nitrogen and oxygen atoms in total. The van der Waals surface area contributed by atoms with Crippen molar-refractivity contribution in [3.63, 3.8) is 0 Å². The fraction of sp³-hybridized carbons (Fsp3) is 0.429. The first kappa shape index (κ1) is 14.1. The van der Waals surface area contributed by atoms with E-state index in [0.29, 0.717) is 38.2 Å². The van der Waals surface area contributed by atoms with Gasteiger partial charge in [0.1, 0.15) is 0 Å². The highest BCUT2D eigenvalue weighted by molar-refractivity contribution is 9.10. The van der Waals surface area contributed by atoms with E-state index in [4.69, 9.17) is 0 Å². The van der Waals surface area contributed by atoms with Crippen LogP contribution in [0, 0.1) is 0 Å². The van der Waals surface area contributed by atoms with E-state index < -0.39 is 0 Å².